The third kappa shape index (κ3) is 3.50. The van der Waals surface area contributed by atoms with E-state index in [1.165, 1.54) is 18.6 Å². The molecule has 0 aliphatic rings. The van der Waals surface area contributed by atoms with Crippen molar-refractivity contribution >= 4 is 15.7 Å². The molecule has 9 nitrogen and oxygen atoms in total. The number of pyridine rings is 1. The number of aromatic nitrogens is 4. The van der Waals surface area contributed by atoms with Crippen molar-refractivity contribution in [3.63, 3.8) is 0 Å². The molecule has 0 spiro atoms. The van der Waals surface area contributed by atoms with Crippen molar-refractivity contribution in [2.75, 3.05) is 12.0 Å². The van der Waals surface area contributed by atoms with E-state index in [1.807, 2.05) is 0 Å². The fraction of sp³-hybridized carbons (Fsp3) is 0.300. The minimum Gasteiger partial charge on any atom is -0.321 e. The summed E-state index contributed by atoms with van der Waals surface area (Å²) in [5.41, 5.74) is 2.56. The molecule has 0 amide bonds. The molecule has 0 radical (unpaired) electrons. The topological polar surface area (TPSA) is 139 Å². The summed E-state index contributed by atoms with van der Waals surface area (Å²) in [5.74, 6) is 5.98. The molecule has 0 fully saturated rings. The Balaban J connectivity index is 1.94. The van der Waals surface area contributed by atoms with Crippen molar-refractivity contribution in [2.24, 2.45) is 5.84 Å². The van der Waals surface area contributed by atoms with Gasteiger partial charge < -0.3 is 5.43 Å². The van der Waals surface area contributed by atoms with E-state index in [-0.39, 0.29) is 17.3 Å². The van der Waals surface area contributed by atoms with Crippen LogP contribution in [0.3, 0.4) is 0 Å². The molecule has 10 heteroatoms. The van der Waals surface area contributed by atoms with Crippen LogP contribution in [0.1, 0.15) is 12.2 Å². The number of H-pyrrole nitrogens is 1. The first-order valence-corrected chi connectivity index (χ1v) is 7.37. The van der Waals surface area contributed by atoms with Crippen LogP contribution in [0.15, 0.2) is 29.7 Å². The van der Waals surface area contributed by atoms with Gasteiger partial charge in [0.25, 0.3) is 10.0 Å². The number of nitrogens with two attached hydrogens (primary N) is 1. The van der Waals surface area contributed by atoms with Crippen molar-refractivity contribution < 1.29 is 8.42 Å². The zero-order valence-corrected chi connectivity index (χ0v) is 11.4. The second-order valence-corrected chi connectivity index (χ2v) is 5.62. The van der Waals surface area contributed by atoms with Gasteiger partial charge in [0, 0.05) is 19.2 Å². The highest BCUT2D eigenvalue weighted by Crippen LogP contribution is 2.16. The highest BCUT2D eigenvalue weighted by atomic mass is 32.2. The predicted octanol–water partition coefficient (Wildman–Crippen LogP) is -0.604. The number of rotatable bonds is 7. The molecule has 2 aromatic rings. The van der Waals surface area contributed by atoms with Gasteiger partial charge in [-0.15, -0.1) is 0 Å². The lowest BCUT2D eigenvalue weighted by molar-refractivity contribution is 0.575. The fourth-order valence-electron chi connectivity index (χ4n) is 1.60. The molecule has 2 rings (SSSR count). The Kier molecular flexibility index (Phi) is 4.61. The minimum absolute atomic E-state index is 0.123. The maximum atomic E-state index is 12.1. The Morgan fingerprint density at radius 1 is 1.35 bits per heavy atom. The van der Waals surface area contributed by atoms with Crippen molar-refractivity contribution in [1.82, 2.24) is 24.9 Å². The van der Waals surface area contributed by atoms with Crippen LogP contribution in [0.25, 0.3) is 0 Å². The van der Waals surface area contributed by atoms with Gasteiger partial charge in [0.05, 0.1) is 5.69 Å². The van der Waals surface area contributed by atoms with E-state index in [0.29, 0.717) is 18.7 Å². The number of anilines is 1. The van der Waals surface area contributed by atoms with Gasteiger partial charge in [-0.3, -0.25) is 10.9 Å². The number of nitrogens with one attached hydrogen (secondary N) is 3. The number of aryl methyl sites for hydroxylation is 1. The SMILES string of the molecule is NNc1cccnc1S(=O)(=O)NCCCc1ncn[nH]1. The average molecular weight is 297 g/mol. The lowest BCUT2D eigenvalue weighted by Gasteiger charge is -2.09. The molecule has 0 bridgehead atoms. The molecule has 108 valence electrons. The Hall–Kier alpha value is -2.04. The third-order valence-electron chi connectivity index (χ3n) is 2.53. The lowest BCUT2D eigenvalue weighted by Crippen LogP contribution is -2.27. The summed E-state index contributed by atoms with van der Waals surface area (Å²) < 4.78 is 26.6. The van der Waals surface area contributed by atoms with E-state index >= 15 is 0 Å². The summed E-state index contributed by atoms with van der Waals surface area (Å²) in [6, 6.07) is 3.13. The van der Waals surface area contributed by atoms with Crippen LogP contribution < -0.4 is 16.0 Å². The van der Waals surface area contributed by atoms with Crippen LogP contribution in [-0.2, 0) is 16.4 Å². The van der Waals surface area contributed by atoms with Crippen molar-refractivity contribution in [2.45, 2.75) is 17.9 Å². The van der Waals surface area contributed by atoms with Crippen LogP contribution in [0.2, 0.25) is 0 Å². The zero-order valence-electron chi connectivity index (χ0n) is 10.6. The standard InChI is InChI=1S/C10H15N7O2S/c11-16-8-3-1-5-12-10(8)20(18,19)15-6-2-4-9-13-7-14-17-9/h1,3,5,7,15-16H,2,4,6,11H2,(H,13,14,17). The smallest absolute Gasteiger partial charge is 0.260 e. The summed E-state index contributed by atoms with van der Waals surface area (Å²) in [6.07, 6.45) is 4.00. The molecule has 0 atom stereocenters. The molecule has 2 aromatic heterocycles. The number of aromatic amines is 1. The quantitative estimate of drug-likeness (QED) is 0.304. The van der Waals surface area contributed by atoms with Crippen LogP contribution >= 0.6 is 0 Å². The van der Waals surface area contributed by atoms with E-state index in [0.717, 1.165) is 0 Å². The first kappa shape index (κ1) is 14.4. The van der Waals surface area contributed by atoms with E-state index < -0.39 is 10.0 Å². The fourth-order valence-corrected chi connectivity index (χ4v) is 2.76. The predicted molar refractivity (Wildman–Crippen MR) is 71.9 cm³/mol. The van der Waals surface area contributed by atoms with Crippen molar-refractivity contribution in [1.29, 1.82) is 0 Å². The summed E-state index contributed by atoms with van der Waals surface area (Å²) in [4.78, 5) is 7.78. The van der Waals surface area contributed by atoms with Crippen LogP contribution in [0.5, 0.6) is 0 Å². The van der Waals surface area contributed by atoms with E-state index in [1.54, 1.807) is 6.07 Å². The average Bonchev–Trinajstić information content (AvgIpc) is 2.97. The normalized spacial score (nSPS) is 11.4. The van der Waals surface area contributed by atoms with E-state index in [9.17, 15) is 8.42 Å². The Morgan fingerprint density at radius 2 is 2.20 bits per heavy atom. The summed E-state index contributed by atoms with van der Waals surface area (Å²) in [5, 5.41) is 6.30. The molecule has 0 saturated carbocycles. The highest BCUT2D eigenvalue weighted by Gasteiger charge is 2.19. The number of nitrogens with zero attached hydrogens (tertiary/aromatic N) is 3. The number of nitrogen functional groups attached to an aromatic ring is 1. The summed E-state index contributed by atoms with van der Waals surface area (Å²) >= 11 is 0. The monoisotopic (exact) mass is 297 g/mol. The maximum Gasteiger partial charge on any atom is 0.260 e. The Morgan fingerprint density at radius 3 is 2.90 bits per heavy atom. The summed E-state index contributed by atoms with van der Waals surface area (Å²) in [6.45, 7) is 0.267. The molecule has 5 N–H and O–H groups in total. The van der Waals surface area contributed by atoms with Gasteiger partial charge in [-0.25, -0.2) is 23.1 Å². The molecule has 20 heavy (non-hydrogen) atoms. The molecule has 2 heterocycles. The Labute approximate surface area is 116 Å². The van der Waals surface area contributed by atoms with Gasteiger partial charge in [0.2, 0.25) is 0 Å². The van der Waals surface area contributed by atoms with E-state index in [4.69, 9.17) is 5.84 Å². The van der Waals surface area contributed by atoms with Crippen LogP contribution in [0, 0.1) is 0 Å². The zero-order chi connectivity index (χ0) is 14.4. The van der Waals surface area contributed by atoms with Crippen LogP contribution in [-0.4, -0.2) is 35.1 Å². The number of hydrazine groups is 1. The van der Waals surface area contributed by atoms with Gasteiger partial charge in [-0.05, 0) is 18.6 Å². The molecular weight excluding hydrogens is 282 g/mol. The lowest BCUT2D eigenvalue weighted by atomic mass is 10.3. The van der Waals surface area contributed by atoms with Gasteiger partial charge in [-0.2, -0.15) is 5.10 Å². The highest BCUT2D eigenvalue weighted by molar-refractivity contribution is 7.89. The van der Waals surface area contributed by atoms with Crippen LogP contribution in [0.4, 0.5) is 5.69 Å². The maximum absolute atomic E-state index is 12.1. The number of sulfonamides is 1. The second-order valence-electron chi connectivity index (χ2n) is 3.93. The molecule has 0 aliphatic carbocycles. The van der Waals surface area contributed by atoms with Crippen molar-refractivity contribution in [3.8, 4) is 0 Å². The molecule has 0 aliphatic heterocycles. The number of hydrogen-bond acceptors (Lipinski definition) is 7. The molecule has 0 saturated heterocycles. The second kappa shape index (κ2) is 6.41. The first-order chi connectivity index (χ1) is 9.63. The largest absolute Gasteiger partial charge is 0.321 e. The molecule has 0 unspecified atom stereocenters. The number of hydrogen-bond donors (Lipinski definition) is 4. The molecule has 0 aromatic carbocycles. The van der Waals surface area contributed by atoms with Crippen molar-refractivity contribution in [3.05, 3.63) is 30.5 Å². The van der Waals surface area contributed by atoms with Gasteiger partial charge >= 0.3 is 0 Å². The minimum atomic E-state index is -3.69. The van der Waals surface area contributed by atoms with Gasteiger partial charge in [0.1, 0.15) is 12.2 Å². The van der Waals surface area contributed by atoms with Gasteiger partial charge in [-0.1, -0.05) is 0 Å². The summed E-state index contributed by atoms with van der Waals surface area (Å²) in [7, 11) is -3.69. The Bertz CT molecular complexity index is 641. The van der Waals surface area contributed by atoms with E-state index in [2.05, 4.69) is 30.3 Å². The first-order valence-electron chi connectivity index (χ1n) is 5.89. The van der Waals surface area contributed by atoms with Gasteiger partial charge in [0.15, 0.2) is 5.03 Å². The third-order valence-corrected chi connectivity index (χ3v) is 3.95. The molecular formula is C10H15N7O2S.